The molecule has 0 saturated carbocycles. The number of benzene rings is 1. The van der Waals surface area contributed by atoms with Crippen LogP contribution in [0.1, 0.15) is 19.3 Å². The maximum absolute atomic E-state index is 12.8. The summed E-state index contributed by atoms with van der Waals surface area (Å²) >= 11 is 0. The lowest BCUT2D eigenvalue weighted by atomic mass is 9.95. The summed E-state index contributed by atoms with van der Waals surface area (Å²) in [5, 5.41) is 0. The predicted molar refractivity (Wildman–Crippen MR) is 92.7 cm³/mol. The highest BCUT2D eigenvalue weighted by molar-refractivity contribution is 5.79. The van der Waals surface area contributed by atoms with E-state index in [0.29, 0.717) is 37.2 Å². The van der Waals surface area contributed by atoms with Gasteiger partial charge in [-0.05, 0) is 25.0 Å². The molecule has 2 amide bonds. The van der Waals surface area contributed by atoms with E-state index in [2.05, 4.69) is 0 Å². The minimum atomic E-state index is -0.530. The highest BCUT2D eigenvalue weighted by Crippen LogP contribution is 2.32. The number of likely N-dealkylation sites (N-methyl/N-ethyl adjacent to an activating group) is 1. The Morgan fingerprint density at radius 3 is 2.77 bits per heavy atom. The third kappa shape index (κ3) is 2.85. The number of rotatable bonds is 2. The average molecular weight is 359 g/mol. The molecule has 0 N–H and O–H groups in total. The van der Waals surface area contributed by atoms with Crippen LogP contribution in [-0.4, -0.2) is 58.7 Å². The van der Waals surface area contributed by atoms with Crippen molar-refractivity contribution in [3.63, 3.8) is 0 Å². The van der Waals surface area contributed by atoms with Crippen molar-refractivity contribution in [2.75, 3.05) is 26.7 Å². The van der Waals surface area contributed by atoms with E-state index < -0.39 is 11.4 Å². The monoisotopic (exact) mass is 359 g/mol. The van der Waals surface area contributed by atoms with Gasteiger partial charge >= 0.3 is 11.8 Å². The van der Waals surface area contributed by atoms with Crippen LogP contribution in [0.5, 0.6) is 0 Å². The number of fused-ring (bicyclic) bond motifs is 1. The van der Waals surface area contributed by atoms with E-state index in [1.807, 2.05) is 0 Å². The van der Waals surface area contributed by atoms with E-state index in [0.717, 1.165) is 12.8 Å². The maximum atomic E-state index is 12.8. The first-order valence-corrected chi connectivity index (χ1v) is 8.78. The standard InChI is InChI=1S/C18H21N3O5/c1-19-12-18(26-16(19)23)7-4-9-20(10-8-18)15(22)11-21-13-5-2-3-6-14(13)25-17(21)24/h2-3,5-6H,4,7-12H2,1H3. The van der Waals surface area contributed by atoms with Crippen molar-refractivity contribution in [3.8, 4) is 0 Å². The van der Waals surface area contributed by atoms with Crippen LogP contribution in [0.2, 0.25) is 0 Å². The van der Waals surface area contributed by atoms with Crippen LogP contribution in [0.3, 0.4) is 0 Å². The third-order valence-electron chi connectivity index (χ3n) is 5.26. The Bertz CT molecular complexity index is 917. The van der Waals surface area contributed by atoms with Gasteiger partial charge in [-0.1, -0.05) is 12.1 Å². The molecule has 2 aliphatic rings. The van der Waals surface area contributed by atoms with E-state index in [4.69, 9.17) is 9.15 Å². The van der Waals surface area contributed by atoms with Crippen LogP contribution in [0, 0.1) is 0 Å². The lowest BCUT2D eigenvalue weighted by Crippen LogP contribution is -2.38. The summed E-state index contributed by atoms with van der Waals surface area (Å²) < 4.78 is 12.1. The van der Waals surface area contributed by atoms with E-state index in [1.54, 1.807) is 41.1 Å². The summed E-state index contributed by atoms with van der Waals surface area (Å²) in [4.78, 5) is 39.9. The van der Waals surface area contributed by atoms with Gasteiger partial charge in [0.25, 0.3) is 0 Å². The first-order chi connectivity index (χ1) is 12.5. The minimum Gasteiger partial charge on any atom is -0.441 e. The van der Waals surface area contributed by atoms with Crippen molar-refractivity contribution in [2.45, 2.75) is 31.4 Å². The molecule has 26 heavy (non-hydrogen) atoms. The number of carbonyl (C=O) groups excluding carboxylic acids is 2. The molecule has 2 aliphatic heterocycles. The Hall–Kier alpha value is -2.77. The number of ether oxygens (including phenoxy) is 1. The van der Waals surface area contributed by atoms with E-state index >= 15 is 0 Å². The minimum absolute atomic E-state index is 0.0530. The first-order valence-electron chi connectivity index (χ1n) is 8.78. The second kappa shape index (κ2) is 6.19. The Morgan fingerprint density at radius 1 is 1.19 bits per heavy atom. The van der Waals surface area contributed by atoms with Gasteiger partial charge in [-0.15, -0.1) is 0 Å². The second-order valence-corrected chi connectivity index (χ2v) is 7.06. The van der Waals surface area contributed by atoms with E-state index in [1.165, 1.54) is 4.57 Å². The van der Waals surface area contributed by atoms with Crippen molar-refractivity contribution < 1.29 is 18.7 Å². The van der Waals surface area contributed by atoms with Gasteiger partial charge in [0.2, 0.25) is 5.91 Å². The zero-order valence-corrected chi connectivity index (χ0v) is 14.6. The number of nitrogens with zero attached hydrogens (tertiary/aromatic N) is 3. The van der Waals surface area contributed by atoms with Gasteiger partial charge in [-0.25, -0.2) is 9.59 Å². The third-order valence-corrected chi connectivity index (χ3v) is 5.26. The normalized spacial score (nSPS) is 23.5. The first kappa shape index (κ1) is 16.7. The second-order valence-electron chi connectivity index (χ2n) is 7.06. The fourth-order valence-electron chi connectivity index (χ4n) is 3.87. The summed E-state index contributed by atoms with van der Waals surface area (Å²) in [5.41, 5.74) is 0.588. The molecule has 0 bridgehead atoms. The molecule has 138 valence electrons. The Balaban J connectivity index is 1.48. The number of aromatic nitrogens is 1. The highest BCUT2D eigenvalue weighted by atomic mass is 16.6. The summed E-state index contributed by atoms with van der Waals surface area (Å²) in [6, 6.07) is 7.06. The van der Waals surface area contributed by atoms with Crippen molar-refractivity contribution >= 4 is 23.1 Å². The summed E-state index contributed by atoms with van der Waals surface area (Å²) in [6.07, 6.45) is 1.80. The smallest absolute Gasteiger partial charge is 0.420 e. The largest absolute Gasteiger partial charge is 0.441 e. The number of amides is 2. The van der Waals surface area contributed by atoms with Crippen molar-refractivity contribution in [1.29, 1.82) is 0 Å². The quantitative estimate of drug-likeness (QED) is 0.810. The lowest BCUT2D eigenvalue weighted by molar-refractivity contribution is -0.131. The van der Waals surface area contributed by atoms with E-state index in [-0.39, 0.29) is 18.5 Å². The zero-order chi connectivity index (χ0) is 18.3. The molecule has 2 aromatic rings. The van der Waals surface area contributed by atoms with Gasteiger partial charge in [0, 0.05) is 26.6 Å². The van der Waals surface area contributed by atoms with Crippen LogP contribution in [0.15, 0.2) is 33.5 Å². The molecule has 1 atom stereocenters. The molecule has 2 saturated heterocycles. The molecular formula is C18H21N3O5. The maximum Gasteiger partial charge on any atom is 0.420 e. The SMILES string of the molecule is CN1CC2(CCCN(C(=O)Cn3c(=O)oc4ccccc43)CC2)OC1=O. The Morgan fingerprint density at radius 2 is 2.00 bits per heavy atom. The Kier molecular flexibility index (Phi) is 3.97. The summed E-state index contributed by atoms with van der Waals surface area (Å²) in [7, 11) is 1.72. The fourth-order valence-corrected chi connectivity index (χ4v) is 3.87. The molecule has 8 heteroatoms. The summed E-state index contributed by atoms with van der Waals surface area (Å²) in [6.45, 7) is 1.60. The van der Waals surface area contributed by atoms with Crippen LogP contribution in [0.4, 0.5) is 4.79 Å². The van der Waals surface area contributed by atoms with Crippen LogP contribution in [-0.2, 0) is 16.1 Å². The molecule has 3 heterocycles. The van der Waals surface area contributed by atoms with Gasteiger partial charge in [-0.2, -0.15) is 0 Å². The highest BCUT2D eigenvalue weighted by Gasteiger charge is 2.44. The molecule has 0 aliphatic carbocycles. The van der Waals surface area contributed by atoms with Crippen LogP contribution in [0.25, 0.3) is 11.1 Å². The molecule has 0 radical (unpaired) electrons. The number of likely N-dealkylation sites (tertiary alicyclic amines) is 1. The average Bonchev–Trinajstić information content (AvgIpc) is 2.97. The molecular weight excluding hydrogens is 338 g/mol. The predicted octanol–water partition coefficient (Wildman–Crippen LogP) is 1.43. The van der Waals surface area contributed by atoms with Crippen LogP contribution < -0.4 is 5.76 Å². The molecule has 2 fully saturated rings. The zero-order valence-electron chi connectivity index (χ0n) is 14.6. The molecule has 8 nitrogen and oxygen atoms in total. The molecule has 4 rings (SSSR count). The lowest BCUT2D eigenvalue weighted by Gasteiger charge is -2.25. The van der Waals surface area contributed by atoms with Crippen LogP contribution >= 0.6 is 0 Å². The molecule has 1 spiro atoms. The topological polar surface area (TPSA) is 85.0 Å². The number of hydrogen-bond acceptors (Lipinski definition) is 5. The molecule has 1 aromatic carbocycles. The van der Waals surface area contributed by atoms with Crippen molar-refractivity contribution in [3.05, 3.63) is 34.8 Å². The van der Waals surface area contributed by atoms with E-state index in [9.17, 15) is 14.4 Å². The number of carbonyl (C=O) groups is 2. The Labute approximate surface area is 149 Å². The molecule has 1 unspecified atom stereocenters. The number of hydrogen-bond donors (Lipinski definition) is 0. The van der Waals surface area contributed by atoms with Gasteiger partial charge in [0.15, 0.2) is 5.58 Å². The van der Waals surface area contributed by atoms with Gasteiger partial charge in [-0.3, -0.25) is 9.36 Å². The number of oxazole rings is 1. The number of para-hydroxylation sites is 2. The van der Waals surface area contributed by atoms with Gasteiger partial charge in [0.1, 0.15) is 12.1 Å². The van der Waals surface area contributed by atoms with Gasteiger partial charge in [0.05, 0.1) is 12.1 Å². The fraction of sp³-hybridized carbons (Fsp3) is 0.500. The summed E-state index contributed by atoms with van der Waals surface area (Å²) in [5.74, 6) is -0.662. The molecule has 1 aromatic heterocycles. The van der Waals surface area contributed by atoms with Crippen molar-refractivity contribution in [2.24, 2.45) is 0 Å². The van der Waals surface area contributed by atoms with Crippen molar-refractivity contribution in [1.82, 2.24) is 14.4 Å². The van der Waals surface area contributed by atoms with Gasteiger partial charge < -0.3 is 19.0 Å².